The van der Waals surface area contributed by atoms with Crippen molar-refractivity contribution in [1.82, 2.24) is 4.57 Å². The first-order valence-electron chi connectivity index (χ1n) is 7.16. The van der Waals surface area contributed by atoms with E-state index in [1.807, 2.05) is 20.8 Å². The van der Waals surface area contributed by atoms with Gasteiger partial charge in [0, 0.05) is 24.3 Å². The Hall–Kier alpha value is -1.79. The van der Waals surface area contributed by atoms with Gasteiger partial charge in [0.25, 0.3) is 0 Å². The van der Waals surface area contributed by atoms with E-state index in [9.17, 15) is 0 Å². The van der Waals surface area contributed by atoms with Crippen molar-refractivity contribution in [3.63, 3.8) is 0 Å². The smallest absolute Gasteiger partial charge is 0.0684 e. The molecule has 2 rings (SSSR count). The molecule has 2 aromatic rings. The minimum atomic E-state index is -0.278. The third-order valence-corrected chi connectivity index (χ3v) is 3.68. The zero-order valence-corrected chi connectivity index (χ0v) is 12.6. The van der Waals surface area contributed by atoms with Crippen LogP contribution in [0.2, 0.25) is 0 Å². The van der Waals surface area contributed by atoms with Crippen LogP contribution in [0.3, 0.4) is 0 Å². The predicted molar refractivity (Wildman–Crippen MR) is 83.3 cm³/mol. The van der Waals surface area contributed by atoms with Crippen molar-refractivity contribution in [1.29, 1.82) is 5.26 Å². The molecule has 0 aliphatic carbocycles. The highest BCUT2D eigenvalue weighted by molar-refractivity contribution is 5.80. The lowest BCUT2D eigenvalue weighted by Crippen LogP contribution is -2.17. The highest BCUT2D eigenvalue weighted by Gasteiger charge is 2.16. The summed E-state index contributed by atoms with van der Waals surface area (Å²) in [6.45, 7) is 6.87. The molecule has 0 spiro atoms. The largest absolute Gasteiger partial charge is 0.347 e. The van der Waals surface area contributed by atoms with Crippen LogP contribution in [0.4, 0.5) is 0 Å². The van der Waals surface area contributed by atoms with Gasteiger partial charge in [-0.05, 0) is 56.7 Å². The number of nitrogens with zero attached hydrogens (tertiary/aromatic N) is 2. The molecule has 0 amide bonds. The van der Waals surface area contributed by atoms with Crippen LogP contribution < -0.4 is 5.73 Å². The first-order chi connectivity index (χ1) is 9.41. The van der Waals surface area contributed by atoms with E-state index in [4.69, 9.17) is 11.0 Å². The van der Waals surface area contributed by atoms with Crippen LogP contribution in [0.25, 0.3) is 10.9 Å². The predicted octanol–water partition coefficient (Wildman–Crippen LogP) is 3.47. The van der Waals surface area contributed by atoms with E-state index in [1.165, 1.54) is 16.5 Å². The van der Waals surface area contributed by atoms with E-state index >= 15 is 0 Å². The summed E-state index contributed by atoms with van der Waals surface area (Å²) in [6, 6.07) is 11.2. The molecule has 1 heterocycles. The van der Waals surface area contributed by atoms with E-state index < -0.39 is 0 Å². The minimum Gasteiger partial charge on any atom is -0.347 e. The zero-order chi connectivity index (χ0) is 14.8. The second kappa shape index (κ2) is 5.68. The summed E-state index contributed by atoms with van der Waals surface area (Å²) in [5.74, 6) is 0. The molecule has 1 atom stereocenters. The third kappa shape index (κ3) is 3.40. The molecular formula is C17H23N3. The fourth-order valence-corrected chi connectivity index (χ4v) is 2.38. The highest BCUT2D eigenvalue weighted by atomic mass is 14.9. The maximum Gasteiger partial charge on any atom is 0.0684 e. The number of hydrogen-bond acceptors (Lipinski definition) is 2. The molecule has 20 heavy (non-hydrogen) atoms. The van der Waals surface area contributed by atoms with Crippen LogP contribution >= 0.6 is 0 Å². The summed E-state index contributed by atoms with van der Waals surface area (Å²) < 4.78 is 2.24. The summed E-state index contributed by atoms with van der Waals surface area (Å²) in [4.78, 5) is 0. The summed E-state index contributed by atoms with van der Waals surface area (Å²) in [5, 5.41) is 10.3. The molecule has 0 saturated carbocycles. The fraction of sp³-hybridized carbons (Fsp3) is 0.471. The summed E-state index contributed by atoms with van der Waals surface area (Å²) >= 11 is 0. The van der Waals surface area contributed by atoms with Gasteiger partial charge in [0.2, 0.25) is 0 Å². The lowest BCUT2D eigenvalue weighted by atomic mass is 9.91. The van der Waals surface area contributed by atoms with Crippen LogP contribution in [0, 0.1) is 16.7 Å². The Labute approximate surface area is 121 Å². The Morgan fingerprint density at radius 3 is 2.75 bits per heavy atom. The Bertz CT molecular complexity index is 629. The number of hydrogen-bond donors (Lipinski definition) is 1. The molecule has 0 bridgehead atoms. The maximum atomic E-state index is 9.11. The van der Waals surface area contributed by atoms with Gasteiger partial charge in [-0.15, -0.1) is 0 Å². The van der Waals surface area contributed by atoms with Gasteiger partial charge in [-0.3, -0.25) is 0 Å². The van der Waals surface area contributed by atoms with Crippen LogP contribution in [0.15, 0.2) is 30.5 Å². The number of fused-ring (bicyclic) bond motifs is 1. The fourth-order valence-electron chi connectivity index (χ4n) is 2.38. The average Bonchev–Trinajstić information content (AvgIpc) is 2.78. The molecule has 0 saturated heterocycles. The van der Waals surface area contributed by atoms with Crippen molar-refractivity contribution >= 4 is 10.9 Å². The normalized spacial score (nSPS) is 13.3. The summed E-state index contributed by atoms with van der Waals surface area (Å²) in [6.07, 6.45) is 3.85. The Balaban J connectivity index is 2.23. The highest BCUT2D eigenvalue weighted by Crippen LogP contribution is 2.23. The van der Waals surface area contributed by atoms with Crippen LogP contribution in [-0.2, 0) is 13.0 Å². The van der Waals surface area contributed by atoms with Gasteiger partial charge in [-0.25, -0.2) is 0 Å². The SMILES string of the molecule is CC(N)Cc1ccc2ccn(CCC(C)(C)C#N)c2c1. The van der Waals surface area contributed by atoms with Crippen molar-refractivity contribution in [2.24, 2.45) is 11.1 Å². The lowest BCUT2D eigenvalue weighted by molar-refractivity contribution is 0.417. The van der Waals surface area contributed by atoms with Gasteiger partial charge in [0.15, 0.2) is 0 Å². The Morgan fingerprint density at radius 2 is 2.10 bits per heavy atom. The second-order valence-corrected chi connectivity index (χ2v) is 6.33. The molecule has 3 nitrogen and oxygen atoms in total. The second-order valence-electron chi connectivity index (χ2n) is 6.33. The number of rotatable bonds is 5. The Morgan fingerprint density at radius 1 is 1.35 bits per heavy atom. The van der Waals surface area contributed by atoms with Gasteiger partial charge in [-0.1, -0.05) is 12.1 Å². The lowest BCUT2D eigenvalue weighted by Gasteiger charge is -2.16. The molecule has 0 aliphatic rings. The molecule has 1 aromatic heterocycles. The van der Waals surface area contributed by atoms with E-state index in [0.717, 1.165) is 19.4 Å². The van der Waals surface area contributed by atoms with Crippen molar-refractivity contribution in [3.05, 3.63) is 36.0 Å². The first-order valence-corrected chi connectivity index (χ1v) is 7.16. The third-order valence-electron chi connectivity index (χ3n) is 3.68. The summed E-state index contributed by atoms with van der Waals surface area (Å²) in [5.41, 5.74) is 8.10. The molecule has 1 unspecified atom stereocenters. The van der Waals surface area contributed by atoms with E-state index in [0.29, 0.717) is 0 Å². The minimum absolute atomic E-state index is 0.174. The molecule has 3 heteroatoms. The maximum absolute atomic E-state index is 9.11. The molecule has 1 aromatic carbocycles. The average molecular weight is 269 g/mol. The molecule has 0 fully saturated rings. The zero-order valence-electron chi connectivity index (χ0n) is 12.6. The first kappa shape index (κ1) is 14.6. The monoisotopic (exact) mass is 269 g/mol. The molecule has 0 aliphatic heterocycles. The number of nitriles is 1. The van der Waals surface area contributed by atoms with E-state index in [-0.39, 0.29) is 11.5 Å². The van der Waals surface area contributed by atoms with Crippen LogP contribution in [0.5, 0.6) is 0 Å². The molecule has 2 N–H and O–H groups in total. The van der Waals surface area contributed by atoms with Crippen molar-refractivity contribution in [3.8, 4) is 6.07 Å². The molecule has 0 radical (unpaired) electrons. The van der Waals surface area contributed by atoms with Gasteiger partial charge in [0.05, 0.1) is 11.5 Å². The van der Waals surface area contributed by atoms with Gasteiger partial charge in [0.1, 0.15) is 0 Å². The van der Waals surface area contributed by atoms with Crippen molar-refractivity contribution < 1.29 is 0 Å². The summed E-state index contributed by atoms with van der Waals surface area (Å²) in [7, 11) is 0. The van der Waals surface area contributed by atoms with Gasteiger partial charge < -0.3 is 10.3 Å². The van der Waals surface area contributed by atoms with Gasteiger partial charge in [-0.2, -0.15) is 5.26 Å². The quantitative estimate of drug-likeness (QED) is 0.903. The van der Waals surface area contributed by atoms with Crippen LogP contribution in [-0.4, -0.2) is 10.6 Å². The standard InChI is InChI=1S/C17H23N3/c1-13(19)10-14-4-5-15-6-8-20(16(15)11-14)9-7-17(2,3)12-18/h4-6,8,11,13H,7,9-10,19H2,1-3H3. The van der Waals surface area contributed by atoms with Crippen molar-refractivity contribution in [2.75, 3.05) is 0 Å². The number of aryl methyl sites for hydroxylation is 1. The number of benzene rings is 1. The molecule has 106 valence electrons. The van der Waals surface area contributed by atoms with Gasteiger partial charge >= 0.3 is 0 Å². The van der Waals surface area contributed by atoms with Crippen molar-refractivity contribution in [2.45, 2.75) is 46.2 Å². The van der Waals surface area contributed by atoms with Crippen LogP contribution in [0.1, 0.15) is 32.8 Å². The van der Waals surface area contributed by atoms with E-state index in [2.05, 4.69) is 41.1 Å². The van der Waals surface area contributed by atoms with E-state index in [1.54, 1.807) is 0 Å². The Kier molecular flexibility index (Phi) is 4.15. The molecular weight excluding hydrogens is 246 g/mol. The topological polar surface area (TPSA) is 54.7 Å². The number of nitrogens with two attached hydrogens (primary N) is 1. The number of aromatic nitrogens is 1.